The Morgan fingerprint density at radius 3 is 2.52 bits per heavy atom. The minimum absolute atomic E-state index is 0.0800. The number of nitrogens with one attached hydrogen (secondary N) is 2. The van der Waals surface area contributed by atoms with Crippen LogP contribution in [0.15, 0.2) is 35.2 Å². The number of anilines is 3. The summed E-state index contributed by atoms with van der Waals surface area (Å²) in [5.74, 6) is 0.336. The van der Waals surface area contributed by atoms with Crippen LogP contribution in [0, 0.1) is 0 Å². The van der Waals surface area contributed by atoms with E-state index in [-0.39, 0.29) is 21.8 Å². The van der Waals surface area contributed by atoms with Crippen LogP contribution < -0.4 is 15.8 Å². The fourth-order valence-corrected chi connectivity index (χ4v) is 2.73. The zero-order valence-electron chi connectivity index (χ0n) is 11.2. The highest BCUT2D eigenvalue weighted by molar-refractivity contribution is 7.92. The number of benzene rings is 1. The first kappa shape index (κ1) is 15.3. The molecule has 0 unspecified atom stereocenters. The van der Waals surface area contributed by atoms with Gasteiger partial charge in [0.05, 0.1) is 4.90 Å². The van der Waals surface area contributed by atoms with Crippen molar-refractivity contribution < 1.29 is 8.42 Å². The van der Waals surface area contributed by atoms with Gasteiger partial charge in [0.15, 0.2) is 0 Å². The monoisotopic (exact) mass is 327 g/mol. The maximum atomic E-state index is 12.2. The Labute approximate surface area is 127 Å². The first-order valence-corrected chi connectivity index (χ1v) is 7.93. The lowest BCUT2D eigenvalue weighted by atomic mass is 10.3. The van der Waals surface area contributed by atoms with Crippen molar-refractivity contribution in [1.29, 1.82) is 0 Å². The average Bonchev–Trinajstić information content (AvgIpc) is 2.38. The van der Waals surface area contributed by atoms with E-state index in [2.05, 4.69) is 20.0 Å². The number of nitrogens with two attached hydrogens (primary N) is 1. The highest BCUT2D eigenvalue weighted by Crippen LogP contribution is 2.19. The maximum Gasteiger partial charge on any atom is 0.263 e. The van der Waals surface area contributed by atoms with Crippen LogP contribution in [0.25, 0.3) is 0 Å². The molecule has 0 amide bonds. The topological polar surface area (TPSA) is 110 Å². The lowest BCUT2D eigenvalue weighted by Gasteiger charge is -2.09. The molecule has 0 fully saturated rings. The molecule has 1 aromatic carbocycles. The van der Waals surface area contributed by atoms with E-state index in [0.717, 1.165) is 0 Å². The van der Waals surface area contributed by atoms with E-state index in [4.69, 9.17) is 17.3 Å². The molecule has 1 aromatic heterocycles. The first-order chi connectivity index (χ1) is 9.90. The molecule has 7 nitrogen and oxygen atoms in total. The summed E-state index contributed by atoms with van der Waals surface area (Å²) < 4.78 is 26.8. The number of hydrogen-bond acceptors (Lipinski definition) is 6. The maximum absolute atomic E-state index is 12.2. The molecule has 2 aromatic rings. The standard InChI is InChI=1S/C12H14ClN5O2S/c1-2-15-12-16-10(13)7-11(17-12)18-21(19,20)9-5-3-8(14)4-6-9/h3-7H,2,14H2,1H3,(H2,15,16,17,18). The largest absolute Gasteiger partial charge is 0.399 e. The normalized spacial score (nSPS) is 11.1. The van der Waals surface area contributed by atoms with E-state index in [1.165, 1.54) is 30.3 Å². The van der Waals surface area contributed by atoms with E-state index < -0.39 is 10.0 Å². The lowest BCUT2D eigenvalue weighted by molar-refractivity contribution is 0.601. The highest BCUT2D eigenvalue weighted by Gasteiger charge is 2.15. The van der Waals surface area contributed by atoms with Crippen molar-refractivity contribution in [2.75, 3.05) is 22.3 Å². The van der Waals surface area contributed by atoms with Crippen molar-refractivity contribution in [3.63, 3.8) is 0 Å². The van der Waals surface area contributed by atoms with Gasteiger partial charge in [0, 0.05) is 18.3 Å². The van der Waals surface area contributed by atoms with E-state index in [0.29, 0.717) is 12.2 Å². The SMILES string of the molecule is CCNc1nc(Cl)cc(NS(=O)(=O)c2ccc(N)cc2)n1. The molecule has 0 bridgehead atoms. The van der Waals surface area contributed by atoms with Crippen LogP contribution in [-0.4, -0.2) is 24.9 Å². The third kappa shape index (κ3) is 3.96. The van der Waals surface area contributed by atoms with Gasteiger partial charge in [-0.3, -0.25) is 4.72 Å². The summed E-state index contributed by atoms with van der Waals surface area (Å²) in [6, 6.07) is 7.16. The number of aromatic nitrogens is 2. The minimum atomic E-state index is -3.76. The van der Waals surface area contributed by atoms with Gasteiger partial charge < -0.3 is 11.1 Å². The fourth-order valence-electron chi connectivity index (χ4n) is 1.55. The Morgan fingerprint density at radius 2 is 1.90 bits per heavy atom. The van der Waals surface area contributed by atoms with Crippen molar-refractivity contribution in [3.05, 3.63) is 35.5 Å². The molecule has 0 aliphatic rings. The molecule has 112 valence electrons. The molecule has 0 saturated heterocycles. The molecule has 21 heavy (non-hydrogen) atoms. The van der Waals surface area contributed by atoms with Gasteiger partial charge in [0.25, 0.3) is 10.0 Å². The first-order valence-electron chi connectivity index (χ1n) is 6.07. The van der Waals surface area contributed by atoms with E-state index in [9.17, 15) is 8.42 Å². The predicted octanol–water partition coefficient (Wildman–Crippen LogP) is 1.94. The van der Waals surface area contributed by atoms with Crippen molar-refractivity contribution in [3.8, 4) is 0 Å². The third-order valence-electron chi connectivity index (χ3n) is 2.46. The quantitative estimate of drug-likeness (QED) is 0.572. The second-order valence-electron chi connectivity index (χ2n) is 4.10. The van der Waals surface area contributed by atoms with Crippen LogP contribution in [0.4, 0.5) is 17.5 Å². The molecule has 0 saturated carbocycles. The van der Waals surface area contributed by atoms with Gasteiger partial charge in [-0.15, -0.1) is 0 Å². The zero-order chi connectivity index (χ0) is 15.5. The average molecular weight is 328 g/mol. The highest BCUT2D eigenvalue weighted by atomic mass is 35.5. The third-order valence-corrected chi connectivity index (χ3v) is 4.02. The Bertz CT molecular complexity index is 734. The number of halogens is 1. The summed E-state index contributed by atoms with van der Waals surface area (Å²) in [4.78, 5) is 8.04. The molecule has 1 heterocycles. The summed E-state index contributed by atoms with van der Waals surface area (Å²) in [7, 11) is -3.76. The van der Waals surface area contributed by atoms with Gasteiger partial charge in [0.2, 0.25) is 5.95 Å². The Hall–Kier alpha value is -2.06. The van der Waals surface area contributed by atoms with Crippen LogP contribution in [0.3, 0.4) is 0 Å². The molecular formula is C12H14ClN5O2S. The van der Waals surface area contributed by atoms with E-state index >= 15 is 0 Å². The van der Waals surface area contributed by atoms with Crippen LogP contribution in [-0.2, 0) is 10.0 Å². The minimum Gasteiger partial charge on any atom is -0.399 e. The van der Waals surface area contributed by atoms with Crippen molar-refractivity contribution in [2.24, 2.45) is 0 Å². The Balaban J connectivity index is 2.30. The van der Waals surface area contributed by atoms with Crippen molar-refractivity contribution in [1.82, 2.24) is 9.97 Å². The molecule has 0 spiro atoms. The van der Waals surface area contributed by atoms with Crippen LogP contribution >= 0.6 is 11.6 Å². The smallest absolute Gasteiger partial charge is 0.263 e. The molecular weight excluding hydrogens is 314 g/mol. The Kier molecular flexibility index (Phi) is 4.49. The summed E-state index contributed by atoms with van der Waals surface area (Å²) in [6.45, 7) is 2.45. The lowest BCUT2D eigenvalue weighted by Crippen LogP contribution is -2.15. The molecule has 0 atom stereocenters. The number of nitrogen functional groups attached to an aromatic ring is 1. The van der Waals surface area contributed by atoms with Gasteiger partial charge >= 0.3 is 0 Å². The van der Waals surface area contributed by atoms with Gasteiger partial charge in [-0.1, -0.05) is 11.6 Å². The number of rotatable bonds is 5. The van der Waals surface area contributed by atoms with Gasteiger partial charge in [-0.25, -0.2) is 13.4 Å². The molecule has 0 aliphatic heterocycles. The van der Waals surface area contributed by atoms with Crippen LogP contribution in [0.2, 0.25) is 5.15 Å². The van der Waals surface area contributed by atoms with Gasteiger partial charge in [0.1, 0.15) is 11.0 Å². The van der Waals surface area contributed by atoms with Crippen LogP contribution in [0.1, 0.15) is 6.92 Å². The molecule has 9 heteroatoms. The summed E-state index contributed by atoms with van der Waals surface area (Å²) >= 11 is 5.84. The van der Waals surface area contributed by atoms with Gasteiger partial charge in [-0.05, 0) is 31.2 Å². The molecule has 2 rings (SSSR count). The van der Waals surface area contributed by atoms with Crippen LogP contribution in [0.5, 0.6) is 0 Å². The number of sulfonamides is 1. The van der Waals surface area contributed by atoms with E-state index in [1.807, 2.05) is 6.92 Å². The summed E-state index contributed by atoms with van der Waals surface area (Å²) in [5, 5.41) is 3.00. The summed E-state index contributed by atoms with van der Waals surface area (Å²) in [5.41, 5.74) is 6.01. The number of hydrogen-bond donors (Lipinski definition) is 3. The van der Waals surface area contributed by atoms with E-state index in [1.54, 1.807) is 0 Å². The second-order valence-corrected chi connectivity index (χ2v) is 6.17. The zero-order valence-corrected chi connectivity index (χ0v) is 12.7. The molecule has 0 radical (unpaired) electrons. The Morgan fingerprint density at radius 1 is 1.24 bits per heavy atom. The van der Waals surface area contributed by atoms with Crippen molar-refractivity contribution >= 4 is 39.1 Å². The predicted molar refractivity (Wildman–Crippen MR) is 82.9 cm³/mol. The summed E-state index contributed by atoms with van der Waals surface area (Å²) in [6.07, 6.45) is 0. The number of nitrogens with zero attached hydrogens (tertiary/aromatic N) is 2. The fraction of sp³-hybridized carbons (Fsp3) is 0.167. The van der Waals surface area contributed by atoms with Gasteiger partial charge in [-0.2, -0.15) is 4.98 Å². The molecule has 0 aliphatic carbocycles. The second kappa shape index (κ2) is 6.15. The van der Waals surface area contributed by atoms with Crippen molar-refractivity contribution in [2.45, 2.75) is 11.8 Å². The molecule has 4 N–H and O–H groups in total.